The number of aryl methyl sites for hydroxylation is 1. The van der Waals surface area contributed by atoms with Crippen LogP contribution in [0.1, 0.15) is 75.6 Å². The summed E-state index contributed by atoms with van der Waals surface area (Å²) in [5, 5.41) is 14.7. The number of benzene rings is 1. The lowest BCUT2D eigenvalue weighted by atomic mass is 9.75. The second-order valence-corrected chi connectivity index (χ2v) is 12.5. The molecule has 2 aliphatic carbocycles. The average Bonchev–Trinajstić information content (AvgIpc) is 3.59. The first kappa shape index (κ1) is 28.1. The van der Waals surface area contributed by atoms with Crippen LogP contribution in [-0.2, 0) is 23.2 Å². The lowest BCUT2D eigenvalue weighted by Crippen LogP contribution is -2.47. The van der Waals surface area contributed by atoms with Crippen LogP contribution in [0.15, 0.2) is 24.3 Å². The third kappa shape index (κ3) is 5.22. The maximum atomic E-state index is 14.3. The largest absolute Gasteiger partial charge is 0.480 e. The number of hydrogen-bond acceptors (Lipinski definition) is 5. The fraction of sp³-hybridized carbons (Fsp3) is 0.677. The smallest absolute Gasteiger partial charge is 0.321 e. The minimum absolute atomic E-state index is 0.0175. The first-order chi connectivity index (χ1) is 18.7. The summed E-state index contributed by atoms with van der Waals surface area (Å²) < 4.78 is 22.0. The van der Waals surface area contributed by atoms with Gasteiger partial charge in [-0.25, -0.2) is 4.39 Å². The molecule has 5 rings (SSSR count). The van der Waals surface area contributed by atoms with Gasteiger partial charge in [0.25, 0.3) is 0 Å². The molecule has 0 unspecified atom stereocenters. The number of nitrogens with zero attached hydrogens (tertiary/aromatic N) is 4. The Labute approximate surface area is 232 Å². The quantitative estimate of drug-likeness (QED) is 0.486. The van der Waals surface area contributed by atoms with Crippen molar-refractivity contribution in [1.82, 2.24) is 19.6 Å². The summed E-state index contributed by atoms with van der Waals surface area (Å²) in [6.45, 7) is 10.00. The van der Waals surface area contributed by atoms with Crippen LogP contribution >= 0.6 is 0 Å². The summed E-state index contributed by atoms with van der Waals surface area (Å²) in [6.07, 6.45) is 6.22. The molecule has 4 atom stereocenters. The Morgan fingerprint density at radius 1 is 1.26 bits per heavy atom. The first-order valence-electron chi connectivity index (χ1n) is 14.7. The second kappa shape index (κ2) is 11.2. The number of methoxy groups -OCH3 is 1. The molecule has 2 fully saturated rings. The number of likely N-dealkylation sites (tertiary alicyclic amines) is 1. The van der Waals surface area contributed by atoms with Crippen molar-refractivity contribution in [3.05, 3.63) is 46.9 Å². The van der Waals surface area contributed by atoms with Gasteiger partial charge in [0, 0.05) is 30.1 Å². The third-order valence-electron chi connectivity index (χ3n) is 10.0. The number of rotatable bonds is 9. The van der Waals surface area contributed by atoms with Crippen LogP contribution in [0.5, 0.6) is 5.88 Å². The topological polar surface area (TPSA) is 70.8 Å². The van der Waals surface area contributed by atoms with E-state index in [1.165, 1.54) is 23.7 Å². The second-order valence-electron chi connectivity index (χ2n) is 12.5. The Kier molecular flexibility index (Phi) is 8.07. The van der Waals surface area contributed by atoms with Gasteiger partial charge in [-0.05, 0) is 101 Å². The van der Waals surface area contributed by atoms with Crippen molar-refractivity contribution in [1.29, 1.82) is 0 Å². The number of carbonyl (C=O) groups is 1. The number of carboxylic acid groups (broad SMARTS) is 1. The summed E-state index contributed by atoms with van der Waals surface area (Å²) in [6, 6.07) is 6.68. The normalized spacial score (nSPS) is 25.5. The van der Waals surface area contributed by atoms with Crippen molar-refractivity contribution in [3.63, 3.8) is 0 Å². The summed E-state index contributed by atoms with van der Waals surface area (Å²) in [5.41, 5.74) is 3.92. The summed E-state index contributed by atoms with van der Waals surface area (Å²) in [7, 11) is 3.68. The van der Waals surface area contributed by atoms with E-state index in [-0.39, 0.29) is 29.1 Å². The molecule has 1 spiro atoms. The lowest BCUT2D eigenvalue weighted by molar-refractivity contribution is -0.145. The van der Waals surface area contributed by atoms with E-state index < -0.39 is 12.0 Å². The van der Waals surface area contributed by atoms with Gasteiger partial charge in [-0.1, -0.05) is 26.0 Å². The number of aliphatic carboxylic acids is 1. The summed E-state index contributed by atoms with van der Waals surface area (Å²) in [4.78, 5) is 16.8. The molecule has 3 aliphatic rings. The van der Waals surface area contributed by atoms with Gasteiger partial charge in [-0.3, -0.25) is 14.4 Å². The number of hydrogen-bond donors (Lipinski definition) is 1. The molecular formula is C31H45FN4O3. The van der Waals surface area contributed by atoms with E-state index in [2.05, 4.69) is 21.4 Å². The zero-order valence-electron chi connectivity index (χ0n) is 24.2. The molecule has 2 aromatic rings. The zero-order valence-corrected chi connectivity index (χ0v) is 24.2. The predicted molar refractivity (Wildman–Crippen MR) is 150 cm³/mol. The molecule has 1 aliphatic heterocycles. The summed E-state index contributed by atoms with van der Waals surface area (Å²) >= 11 is 0. The number of piperidine rings is 1. The van der Waals surface area contributed by atoms with E-state index in [1.807, 2.05) is 27.0 Å². The van der Waals surface area contributed by atoms with Crippen LogP contribution in [0, 0.1) is 17.7 Å². The molecule has 8 heteroatoms. The molecule has 0 radical (unpaired) electrons. The maximum Gasteiger partial charge on any atom is 0.321 e. The number of aromatic nitrogens is 2. The predicted octanol–water partition coefficient (Wildman–Crippen LogP) is 4.93. The van der Waals surface area contributed by atoms with Gasteiger partial charge < -0.3 is 14.7 Å². The Hall–Kier alpha value is -2.45. The van der Waals surface area contributed by atoms with Crippen LogP contribution < -0.4 is 4.74 Å². The minimum Gasteiger partial charge on any atom is -0.480 e. The van der Waals surface area contributed by atoms with E-state index >= 15 is 0 Å². The van der Waals surface area contributed by atoms with E-state index in [9.17, 15) is 14.3 Å². The molecule has 1 aromatic heterocycles. The fourth-order valence-electron chi connectivity index (χ4n) is 8.09. The molecule has 2 heterocycles. The standard InChI is InChI=1S/C31H45FN4O3/c1-6-36-28-25(29(33-36)39-5)10-11-31(28)12-14-35(15-13-31)19-22-17-24(34(4)27(20(2)3)30(37)38)18-26(22)21-8-7-9-23(32)16-21/h7-9,16,20,22,24,26-27H,6,10-15,17-19H2,1-5H3,(H,37,38)/t22-,24+,26-,27-/m1/s1. The Balaban J connectivity index is 1.32. The van der Waals surface area contributed by atoms with Gasteiger partial charge in [0.05, 0.1) is 12.8 Å². The van der Waals surface area contributed by atoms with Gasteiger partial charge >= 0.3 is 5.97 Å². The van der Waals surface area contributed by atoms with Gasteiger partial charge in [0.2, 0.25) is 5.88 Å². The highest BCUT2D eigenvalue weighted by Crippen LogP contribution is 2.50. The number of carboxylic acids is 1. The monoisotopic (exact) mass is 540 g/mol. The highest BCUT2D eigenvalue weighted by atomic mass is 19.1. The van der Waals surface area contributed by atoms with E-state index in [0.29, 0.717) is 5.92 Å². The van der Waals surface area contributed by atoms with Gasteiger partial charge in [0.15, 0.2) is 0 Å². The molecule has 39 heavy (non-hydrogen) atoms. The SMILES string of the molecule is CCn1nc(OC)c2c1C1(CC2)CCN(C[C@H]2C[C@H](N(C)[C@@H](C(=O)O)C(C)C)C[C@@H]2c2cccc(F)c2)CC1. The van der Waals surface area contributed by atoms with Crippen LogP contribution in [0.25, 0.3) is 0 Å². The van der Waals surface area contributed by atoms with Crippen molar-refractivity contribution < 1.29 is 19.0 Å². The van der Waals surface area contributed by atoms with Crippen molar-refractivity contribution >= 4 is 5.97 Å². The number of ether oxygens (including phenoxy) is 1. The molecule has 214 valence electrons. The van der Waals surface area contributed by atoms with Crippen LogP contribution in [0.3, 0.4) is 0 Å². The van der Waals surface area contributed by atoms with Crippen LogP contribution in [0.2, 0.25) is 0 Å². The summed E-state index contributed by atoms with van der Waals surface area (Å²) in [5.74, 6) is 0.423. The molecule has 1 N–H and O–H groups in total. The number of halogens is 1. The number of fused-ring (bicyclic) bond motifs is 2. The molecule has 1 saturated heterocycles. The van der Waals surface area contributed by atoms with Crippen LogP contribution in [0.4, 0.5) is 4.39 Å². The van der Waals surface area contributed by atoms with E-state index in [0.717, 1.165) is 69.7 Å². The fourth-order valence-corrected chi connectivity index (χ4v) is 8.09. The first-order valence-corrected chi connectivity index (χ1v) is 14.7. The molecule has 1 saturated carbocycles. The van der Waals surface area contributed by atoms with Crippen molar-refractivity contribution in [2.24, 2.45) is 11.8 Å². The van der Waals surface area contributed by atoms with Gasteiger partial charge in [-0.2, -0.15) is 0 Å². The minimum atomic E-state index is -0.765. The Morgan fingerprint density at radius 2 is 2.00 bits per heavy atom. The van der Waals surface area contributed by atoms with Crippen molar-refractivity contribution in [2.45, 2.75) is 89.3 Å². The number of likely N-dealkylation sites (N-methyl/N-ethyl adjacent to an activating group) is 1. The van der Waals surface area contributed by atoms with Gasteiger partial charge in [-0.15, -0.1) is 5.10 Å². The van der Waals surface area contributed by atoms with Gasteiger partial charge in [0.1, 0.15) is 11.9 Å². The molecule has 7 nitrogen and oxygen atoms in total. The van der Waals surface area contributed by atoms with E-state index in [1.54, 1.807) is 19.2 Å². The Morgan fingerprint density at radius 3 is 2.62 bits per heavy atom. The molecular weight excluding hydrogens is 495 g/mol. The van der Waals surface area contributed by atoms with E-state index in [4.69, 9.17) is 9.84 Å². The molecule has 1 aromatic carbocycles. The van der Waals surface area contributed by atoms with Crippen molar-refractivity contribution in [3.8, 4) is 5.88 Å². The maximum absolute atomic E-state index is 14.3. The Bertz CT molecular complexity index is 1170. The molecule has 0 bridgehead atoms. The highest BCUT2D eigenvalue weighted by molar-refractivity contribution is 5.73. The van der Waals surface area contributed by atoms with Crippen LogP contribution in [-0.4, -0.2) is 76.5 Å². The molecule has 0 amide bonds. The average molecular weight is 541 g/mol. The van der Waals surface area contributed by atoms with Crippen molar-refractivity contribution in [2.75, 3.05) is 33.8 Å². The third-order valence-corrected chi connectivity index (χ3v) is 10.0. The zero-order chi connectivity index (χ0) is 27.9. The lowest BCUT2D eigenvalue weighted by Gasteiger charge is -2.41. The highest BCUT2D eigenvalue weighted by Gasteiger charge is 2.47.